The van der Waals surface area contributed by atoms with Crippen molar-refractivity contribution < 1.29 is 20.1 Å². The first-order chi connectivity index (χ1) is 10.0. The molecule has 1 unspecified atom stereocenters. The van der Waals surface area contributed by atoms with E-state index >= 15 is 0 Å². The lowest BCUT2D eigenvalue weighted by Crippen LogP contribution is -2.45. The highest BCUT2D eigenvalue weighted by Gasteiger charge is 2.55. The molecule has 0 spiro atoms. The maximum Gasteiger partial charge on any atom is 0.199 e. The summed E-state index contributed by atoms with van der Waals surface area (Å²) in [7, 11) is 0. The lowest BCUT2D eigenvalue weighted by atomic mass is 9.95. The van der Waals surface area contributed by atoms with Gasteiger partial charge in [-0.25, -0.2) is 15.0 Å². The second-order valence-corrected chi connectivity index (χ2v) is 4.90. The molecule has 21 heavy (non-hydrogen) atoms. The number of aromatic nitrogens is 4. The predicted molar refractivity (Wildman–Crippen MR) is 70.8 cm³/mol. The highest BCUT2D eigenvalue weighted by Crippen LogP contribution is 2.39. The Bertz CT molecular complexity index is 725. The van der Waals surface area contributed by atoms with Crippen LogP contribution in [0, 0.1) is 19.3 Å². The molecule has 8 heteroatoms. The van der Waals surface area contributed by atoms with Crippen molar-refractivity contribution in [2.75, 3.05) is 6.61 Å². The predicted octanol–water partition coefficient (Wildman–Crippen LogP) is -1.25. The number of nitrogens with zero attached hydrogens (tertiary/aromatic N) is 4. The highest BCUT2D eigenvalue weighted by atomic mass is 16.6. The van der Waals surface area contributed by atoms with Crippen molar-refractivity contribution in [3.8, 4) is 12.3 Å². The van der Waals surface area contributed by atoms with Crippen molar-refractivity contribution in [3.05, 3.63) is 18.3 Å². The highest BCUT2D eigenvalue weighted by molar-refractivity contribution is 5.69. The molecule has 0 saturated carbocycles. The van der Waals surface area contributed by atoms with Crippen molar-refractivity contribution in [1.82, 2.24) is 19.5 Å². The largest absolute Gasteiger partial charge is 0.394 e. The van der Waals surface area contributed by atoms with Gasteiger partial charge in [-0.1, -0.05) is 5.92 Å². The SMILES string of the molecule is C#CC1(O)[C@@H](O)[C@@H](CO)O[C@H]1n1cnc2cnc(C)nc21. The fourth-order valence-corrected chi connectivity index (χ4v) is 2.43. The molecule has 0 bridgehead atoms. The van der Waals surface area contributed by atoms with Gasteiger partial charge >= 0.3 is 0 Å². The van der Waals surface area contributed by atoms with Crippen LogP contribution >= 0.6 is 0 Å². The van der Waals surface area contributed by atoms with Crippen molar-refractivity contribution in [2.24, 2.45) is 0 Å². The summed E-state index contributed by atoms with van der Waals surface area (Å²) in [5.41, 5.74) is -1.06. The minimum absolute atomic E-state index is 0.423. The van der Waals surface area contributed by atoms with Gasteiger partial charge in [0.05, 0.1) is 19.1 Å². The van der Waals surface area contributed by atoms with Crippen molar-refractivity contribution in [2.45, 2.75) is 31.0 Å². The molecule has 1 saturated heterocycles. The van der Waals surface area contributed by atoms with Crippen LogP contribution in [0.25, 0.3) is 11.2 Å². The molecule has 2 aromatic heterocycles. The number of rotatable bonds is 2. The minimum atomic E-state index is -1.99. The van der Waals surface area contributed by atoms with Gasteiger partial charge in [0.25, 0.3) is 0 Å². The molecular weight excluding hydrogens is 276 g/mol. The number of terminal acetylenes is 1. The van der Waals surface area contributed by atoms with Gasteiger partial charge in [0.2, 0.25) is 0 Å². The van der Waals surface area contributed by atoms with Crippen LogP contribution in [0.4, 0.5) is 0 Å². The number of imidazole rings is 1. The van der Waals surface area contributed by atoms with E-state index < -0.39 is 30.6 Å². The summed E-state index contributed by atoms with van der Waals surface area (Å²) in [5, 5.41) is 29.8. The van der Waals surface area contributed by atoms with Crippen molar-refractivity contribution in [1.29, 1.82) is 0 Å². The summed E-state index contributed by atoms with van der Waals surface area (Å²) in [6.07, 6.45) is 4.79. The Morgan fingerprint density at radius 3 is 2.95 bits per heavy atom. The van der Waals surface area contributed by atoms with Crippen LogP contribution in [-0.2, 0) is 4.74 Å². The zero-order valence-electron chi connectivity index (χ0n) is 11.2. The summed E-state index contributed by atoms with van der Waals surface area (Å²) in [4.78, 5) is 12.4. The van der Waals surface area contributed by atoms with Crippen LogP contribution in [0.3, 0.4) is 0 Å². The number of aliphatic hydroxyl groups is 3. The second kappa shape index (κ2) is 4.75. The van der Waals surface area contributed by atoms with E-state index in [9.17, 15) is 15.3 Å². The summed E-state index contributed by atoms with van der Waals surface area (Å²) < 4.78 is 6.93. The first-order valence-electron chi connectivity index (χ1n) is 6.32. The number of aliphatic hydroxyl groups excluding tert-OH is 2. The number of aryl methyl sites for hydroxylation is 1. The normalized spacial score (nSPS) is 32.4. The van der Waals surface area contributed by atoms with E-state index in [0.29, 0.717) is 17.0 Å². The van der Waals surface area contributed by atoms with E-state index in [1.807, 2.05) is 0 Å². The van der Waals surface area contributed by atoms with Crippen LogP contribution in [0.5, 0.6) is 0 Å². The molecule has 0 amide bonds. The number of ether oxygens (including phenoxy) is 1. The molecule has 110 valence electrons. The zero-order chi connectivity index (χ0) is 15.2. The van der Waals surface area contributed by atoms with Crippen LogP contribution in [0.1, 0.15) is 12.1 Å². The van der Waals surface area contributed by atoms with Crippen molar-refractivity contribution in [3.63, 3.8) is 0 Å². The Kier molecular flexibility index (Phi) is 3.15. The molecule has 0 radical (unpaired) electrons. The maximum atomic E-state index is 10.5. The molecule has 1 fully saturated rings. The number of hydrogen-bond donors (Lipinski definition) is 3. The zero-order valence-corrected chi connectivity index (χ0v) is 11.2. The minimum Gasteiger partial charge on any atom is -0.394 e. The average Bonchev–Trinajstić information content (AvgIpc) is 2.99. The van der Waals surface area contributed by atoms with E-state index in [4.69, 9.17) is 11.2 Å². The lowest BCUT2D eigenvalue weighted by Gasteiger charge is -2.26. The fraction of sp³-hybridized carbons (Fsp3) is 0.462. The van der Waals surface area contributed by atoms with Crippen LogP contribution in [-0.4, -0.2) is 59.3 Å². The van der Waals surface area contributed by atoms with E-state index in [1.54, 1.807) is 6.92 Å². The Hall–Kier alpha value is -2.05. The molecular formula is C13H14N4O4. The second-order valence-electron chi connectivity index (χ2n) is 4.90. The van der Waals surface area contributed by atoms with Gasteiger partial charge < -0.3 is 20.1 Å². The summed E-state index contributed by atoms with van der Waals surface area (Å²) >= 11 is 0. The quantitative estimate of drug-likeness (QED) is 0.592. The summed E-state index contributed by atoms with van der Waals surface area (Å²) in [5.74, 6) is 2.67. The Morgan fingerprint density at radius 2 is 2.29 bits per heavy atom. The third-order valence-electron chi connectivity index (χ3n) is 3.58. The Balaban J connectivity index is 2.13. The number of hydrogen-bond acceptors (Lipinski definition) is 7. The summed E-state index contributed by atoms with van der Waals surface area (Å²) in [6.45, 7) is 1.24. The van der Waals surface area contributed by atoms with Gasteiger partial charge in [-0.15, -0.1) is 6.42 Å². The maximum absolute atomic E-state index is 10.5. The van der Waals surface area contributed by atoms with Gasteiger partial charge in [-0.05, 0) is 6.92 Å². The first-order valence-corrected chi connectivity index (χ1v) is 6.32. The number of fused-ring (bicyclic) bond motifs is 1. The molecule has 1 aliphatic heterocycles. The van der Waals surface area contributed by atoms with E-state index in [2.05, 4.69) is 20.9 Å². The molecule has 0 aliphatic carbocycles. The standard InChI is InChI=1S/C13H14N4O4/c1-3-13(20)10(19)9(5-18)21-12(13)17-6-15-8-4-14-7(2)16-11(8)17/h1,4,6,9-10,12,18-20H,5H2,2H3/t9-,10+,12-,13?/m1/s1. The smallest absolute Gasteiger partial charge is 0.199 e. The fourth-order valence-electron chi connectivity index (χ4n) is 2.43. The monoisotopic (exact) mass is 290 g/mol. The molecule has 4 atom stereocenters. The van der Waals surface area contributed by atoms with Gasteiger partial charge in [0.15, 0.2) is 17.5 Å². The average molecular weight is 290 g/mol. The molecule has 0 aromatic carbocycles. The van der Waals surface area contributed by atoms with E-state index in [-0.39, 0.29) is 0 Å². The van der Waals surface area contributed by atoms with Gasteiger partial charge in [0, 0.05) is 0 Å². The third-order valence-corrected chi connectivity index (χ3v) is 3.58. The molecule has 3 N–H and O–H groups in total. The molecule has 1 aliphatic rings. The van der Waals surface area contributed by atoms with Crippen molar-refractivity contribution >= 4 is 11.2 Å². The van der Waals surface area contributed by atoms with Crippen LogP contribution in [0.2, 0.25) is 0 Å². The van der Waals surface area contributed by atoms with E-state index in [1.165, 1.54) is 17.1 Å². The van der Waals surface area contributed by atoms with Crippen LogP contribution in [0.15, 0.2) is 12.5 Å². The van der Waals surface area contributed by atoms with E-state index in [0.717, 1.165) is 0 Å². The molecule has 8 nitrogen and oxygen atoms in total. The lowest BCUT2D eigenvalue weighted by molar-refractivity contribution is -0.0721. The molecule has 3 heterocycles. The Labute approximate surface area is 120 Å². The van der Waals surface area contributed by atoms with Crippen LogP contribution < -0.4 is 0 Å². The first kappa shape index (κ1) is 13.9. The Morgan fingerprint density at radius 1 is 1.52 bits per heavy atom. The third kappa shape index (κ3) is 1.91. The van der Waals surface area contributed by atoms with Gasteiger partial charge in [-0.3, -0.25) is 4.57 Å². The molecule has 3 rings (SSSR count). The molecule has 2 aromatic rings. The van der Waals surface area contributed by atoms with Gasteiger partial charge in [-0.2, -0.15) is 0 Å². The topological polar surface area (TPSA) is 114 Å². The van der Waals surface area contributed by atoms with Gasteiger partial charge in [0.1, 0.15) is 23.5 Å². The summed E-state index contributed by atoms with van der Waals surface area (Å²) in [6, 6.07) is 0.